The number of hydrogen-bond acceptors (Lipinski definition) is 4. The average molecular weight is 385 g/mol. The molecule has 1 saturated carbocycles. The van der Waals surface area contributed by atoms with Gasteiger partial charge in [0.05, 0.1) is 11.0 Å². The van der Waals surface area contributed by atoms with E-state index in [1.807, 2.05) is 60.0 Å². The molecule has 0 radical (unpaired) electrons. The van der Waals surface area contributed by atoms with Crippen molar-refractivity contribution in [3.8, 4) is 5.69 Å². The maximum Gasteiger partial charge on any atom is 0.257 e. The lowest BCUT2D eigenvalue weighted by Crippen LogP contribution is -2.33. The molecule has 1 fully saturated rings. The van der Waals surface area contributed by atoms with E-state index in [1.165, 1.54) is 0 Å². The first-order chi connectivity index (χ1) is 14.1. The summed E-state index contributed by atoms with van der Waals surface area (Å²) in [4.78, 5) is 22.8. The summed E-state index contributed by atoms with van der Waals surface area (Å²) in [6.07, 6.45) is 4.32. The highest BCUT2D eigenvalue weighted by Gasteiger charge is 2.27. The van der Waals surface area contributed by atoms with E-state index >= 15 is 0 Å². The molecule has 4 aromatic rings. The van der Waals surface area contributed by atoms with Gasteiger partial charge in [0.15, 0.2) is 5.65 Å². The van der Waals surface area contributed by atoms with Gasteiger partial charge in [-0.2, -0.15) is 0 Å². The van der Waals surface area contributed by atoms with Crippen molar-refractivity contribution in [2.24, 2.45) is 0 Å². The van der Waals surface area contributed by atoms with Gasteiger partial charge in [-0.1, -0.05) is 42.7 Å². The third-order valence-corrected chi connectivity index (χ3v) is 5.71. The number of aryl methyl sites for hydroxylation is 1. The fraction of sp³-hybridized carbons (Fsp3) is 0.261. The summed E-state index contributed by atoms with van der Waals surface area (Å²) in [6.45, 7) is 2.04. The van der Waals surface area contributed by atoms with Crippen LogP contribution in [0.1, 0.15) is 41.6 Å². The van der Waals surface area contributed by atoms with Crippen molar-refractivity contribution >= 4 is 33.9 Å². The van der Waals surface area contributed by atoms with E-state index in [1.54, 1.807) is 0 Å². The Balaban J connectivity index is 1.74. The molecule has 29 heavy (non-hydrogen) atoms. The normalized spacial score (nSPS) is 14.7. The molecule has 1 amide bonds. The monoisotopic (exact) mass is 385 g/mol. The maximum absolute atomic E-state index is 13.2. The lowest BCUT2D eigenvalue weighted by Gasteiger charge is -2.12. The first-order valence-corrected chi connectivity index (χ1v) is 10.1. The minimum Gasteiger partial charge on any atom is -0.384 e. The molecule has 146 valence electrons. The molecule has 1 aliphatic carbocycles. The number of benzene rings is 2. The molecule has 6 heteroatoms. The van der Waals surface area contributed by atoms with Gasteiger partial charge in [-0.15, -0.1) is 0 Å². The van der Waals surface area contributed by atoms with Crippen molar-refractivity contribution in [3.05, 3.63) is 59.7 Å². The number of hydrogen-bond donors (Lipinski definition) is 2. The largest absolute Gasteiger partial charge is 0.384 e. The zero-order valence-corrected chi connectivity index (χ0v) is 16.4. The van der Waals surface area contributed by atoms with Crippen LogP contribution in [0.3, 0.4) is 0 Å². The molecule has 0 saturated heterocycles. The van der Waals surface area contributed by atoms with E-state index in [2.05, 4.69) is 5.32 Å². The summed E-state index contributed by atoms with van der Waals surface area (Å²) in [5, 5.41) is 3.15. The first kappa shape index (κ1) is 17.7. The van der Waals surface area contributed by atoms with E-state index in [0.29, 0.717) is 22.5 Å². The van der Waals surface area contributed by atoms with Crippen molar-refractivity contribution in [1.82, 2.24) is 19.9 Å². The Bertz CT molecular complexity index is 1220. The van der Waals surface area contributed by atoms with E-state index in [-0.39, 0.29) is 11.9 Å². The van der Waals surface area contributed by atoms with E-state index in [4.69, 9.17) is 15.7 Å². The molecule has 0 atom stereocenters. The van der Waals surface area contributed by atoms with Gasteiger partial charge in [0.2, 0.25) is 0 Å². The summed E-state index contributed by atoms with van der Waals surface area (Å²) in [7, 11) is 0. The highest BCUT2D eigenvalue weighted by atomic mass is 16.1. The number of para-hydroxylation sites is 2. The van der Waals surface area contributed by atoms with Gasteiger partial charge in [-0.05, 0) is 44.0 Å². The van der Waals surface area contributed by atoms with Crippen LogP contribution in [-0.4, -0.2) is 26.5 Å². The molecular weight excluding hydrogens is 362 g/mol. The zero-order valence-electron chi connectivity index (χ0n) is 16.4. The molecular formula is C23H23N5O. The number of carbonyl (C=O) groups is 1. The lowest BCUT2D eigenvalue weighted by atomic mass is 10.2. The number of nitrogen functional groups attached to an aromatic ring is 1. The predicted octanol–water partition coefficient (Wildman–Crippen LogP) is 4.14. The molecule has 2 heterocycles. The Hall–Kier alpha value is -3.41. The quantitative estimate of drug-likeness (QED) is 0.555. The second kappa shape index (κ2) is 6.88. The molecule has 0 unspecified atom stereocenters. The molecule has 6 nitrogen and oxygen atoms in total. The van der Waals surface area contributed by atoms with Crippen LogP contribution in [0.25, 0.3) is 27.9 Å². The van der Waals surface area contributed by atoms with Crippen molar-refractivity contribution < 1.29 is 4.79 Å². The molecule has 0 bridgehead atoms. The fourth-order valence-electron chi connectivity index (χ4n) is 4.17. The standard InChI is InChI=1S/C23H23N5O/c1-14-10-12-16(13-11-14)28-21(24)19(23(29)25-15-6-2-3-7-15)20-22(28)27-18-9-5-4-8-17(18)26-20/h4-5,8-13,15H,2-3,6-7,24H2,1H3,(H,25,29). The summed E-state index contributed by atoms with van der Waals surface area (Å²) < 4.78 is 1.83. The van der Waals surface area contributed by atoms with Crippen molar-refractivity contribution in [1.29, 1.82) is 0 Å². The van der Waals surface area contributed by atoms with E-state index in [0.717, 1.165) is 48.0 Å². The fourth-order valence-corrected chi connectivity index (χ4v) is 4.17. The summed E-state index contributed by atoms with van der Waals surface area (Å²) in [5.74, 6) is 0.199. The maximum atomic E-state index is 13.2. The zero-order chi connectivity index (χ0) is 20.0. The smallest absolute Gasteiger partial charge is 0.257 e. The second-order valence-electron chi connectivity index (χ2n) is 7.77. The van der Waals surface area contributed by atoms with Gasteiger partial charge in [0, 0.05) is 11.7 Å². The number of nitrogens with one attached hydrogen (secondary N) is 1. The van der Waals surface area contributed by atoms with Crippen LogP contribution in [0.15, 0.2) is 48.5 Å². The average Bonchev–Trinajstić information content (AvgIpc) is 3.32. The van der Waals surface area contributed by atoms with Gasteiger partial charge in [-0.3, -0.25) is 9.36 Å². The molecule has 0 spiro atoms. The number of anilines is 1. The number of carbonyl (C=O) groups excluding carboxylic acids is 1. The third kappa shape index (κ3) is 3.01. The second-order valence-corrected chi connectivity index (χ2v) is 7.77. The molecule has 2 aromatic carbocycles. The summed E-state index contributed by atoms with van der Waals surface area (Å²) >= 11 is 0. The van der Waals surface area contributed by atoms with Crippen LogP contribution < -0.4 is 11.1 Å². The van der Waals surface area contributed by atoms with Gasteiger partial charge < -0.3 is 11.1 Å². The number of nitrogens with two attached hydrogens (primary N) is 1. The Morgan fingerprint density at radius 1 is 1.03 bits per heavy atom. The molecule has 2 aromatic heterocycles. The minimum atomic E-state index is -0.171. The lowest BCUT2D eigenvalue weighted by molar-refractivity contribution is 0.0940. The first-order valence-electron chi connectivity index (χ1n) is 10.1. The minimum absolute atomic E-state index is 0.171. The van der Waals surface area contributed by atoms with Crippen LogP contribution >= 0.6 is 0 Å². The number of rotatable bonds is 3. The van der Waals surface area contributed by atoms with Gasteiger partial charge in [0.1, 0.15) is 16.9 Å². The van der Waals surface area contributed by atoms with Crippen molar-refractivity contribution in [2.45, 2.75) is 38.6 Å². The van der Waals surface area contributed by atoms with Crippen LogP contribution in [-0.2, 0) is 0 Å². The highest BCUT2D eigenvalue weighted by Crippen LogP contribution is 2.31. The highest BCUT2D eigenvalue weighted by molar-refractivity contribution is 6.11. The van der Waals surface area contributed by atoms with Gasteiger partial charge in [-0.25, -0.2) is 9.97 Å². The summed E-state index contributed by atoms with van der Waals surface area (Å²) in [6, 6.07) is 15.9. The molecule has 1 aliphatic rings. The van der Waals surface area contributed by atoms with Crippen molar-refractivity contribution in [3.63, 3.8) is 0 Å². The number of nitrogens with zero attached hydrogens (tertiary/aromatic N) is 3. The van der Waals surface area contributed by atoms with Crippen LogP contribution in [0.5, 0.6) is 0 Å². The Kier molecular flexibility index (Phi) is 4.19. The van der Waals surface area contributed by atoms with Gasteiger partial charge in [0.25, 0.3) is 5.91 Å². The Labute approximate surface area is 168 Å². The molecule has 0 aliphatic heterocycles. The van der Waals surface area contributed by atoms with Crippen molar-refractivity contribution in [2.75, 3.05) is 5.73 Å². The topological polar surface area (TPSA) is 85.8 Å². The number of aromatic nitrogens is 3. The van der Waals surface area contributed by atoms with Crippen LogP contribution in [0.4, 0.5) is 5.82 Å². The number of amides is 1. The third-order valence-electron chi connectivity index (χ3n) is 5.71. The van der Waals surface area contributed by atoms with E-state index < -0.39 is 0 Å². The Morgan fingerprint density at radius 2 is 1.69 bits per heavy atom. The van der Waals surface area contributed by atoms with Gasteiger partial charge >= 0.3 is 0 Å². The molecule has 3 N–H and O–H groups in total. The van der Waals surface area contributed by atoms with E-state index in [9.17, 15) is 4.79 Å². The SMILES string of the molecule is Cc1ccc(-n2c(N)c(C(=O)NC3CCCC3)c3nc4ccccc4nc32)cc1. The summed E-state index contributed by atoms with van der Waals surface area (Å²) in [5.41, 5.74) is 11.6. The Morgan fingerprint density at radius 3 is 2.38 bits per heavy atom. The number of fused-ring (bicyclic) bond motifs is 2. The van der Waals surface area contributed by atoms with Crippen LogP contribution in [0.2, 0.25) is 0 Å². The predicted molar refractivity (Wildman–Crippen MR) is 115 cm³/mol. The molecule has 5 rings (SSSR count). The van der Waals surface area contributed by atoms with Crippen LogP contribution in [0, 0.1) is 6.92 Å².